The lowest BCUT2D eigenvalue weighted by molar-refractivity contribution is 0.394. The van der Waals surface area contributed by atoms with Crippen LogP contribution in [0.15, 0.2) is 0 Å². The van der Waals surface area contributed by atoms with Gasteiger partial charge in [0.2, 0.25) is 10.0 Å². The van der Waals surface area contributed by atoms with E-state index in [1.165, 1.54) is 0 Å². The maximum atomic E-state index is 11.7. The topological polar surface area (TPSA) is 61.4 Å². The van der Waals surface area contributed by atoms with Gasteiger partial charge in [-0.3, -0.25) is 0 Å². The van der Waals surface area contributed by atoms with E-state index in [2.05, 4.69) is 22.0 Å². The zero-order chi connectivity index (χ0) is 12.7. The molecule has 0 amide bonds. The van der Waals surface area contributed by atoms with Gasteiger partial charge >= 0.3 is 0 Å². The Morgan fingerprint density at radius 2 is 2.18 bits per heavy atom. The van der Waals surface area contributed by atoms with Gasteiger partial charge in [-0.05, 0) is 45.4 Å². The molecule has 102 valence electrons. The number of hydrogen-bond donors (Lipinski definition) is 2. The molecule has 0 spiro atoms. The lowest BCUT2D eigenvalue weighted by atomic mass is 10.1. The monoisotopic (exact) mass is 263 g/mol. The third-order valence-electron chi connectivity index (χ3n) is 3.10. The normalized spacial score (nSPS) is 22.1. The van der Waals surface area contributed by atoms with Crippen molar-refractivity contribution in [1.82, 2.24) is 14.9 Å². The second-order valence-corrected chi connectivity index (χ2v) is 6.72. The Hall–Kier alpha value is -0.170. The van der Waals surface area contributed by atoms with Crippen LogP contribution in [0.4, 0.5) is 0 Å². The molecule has 6 heteroatoms. The highest BCUT2D eigenvalue weighted by Crippen LogP contribution is 2.13. The summed E-state index contributed by atoms with van der Waals surface area (Å²) in [7, 11) is -1.00. The van der Waals surface area contributed by atoms with Crippen LogP contribution in [0.2, 0.25) is 0 Å². The van der Waals surface area contributed by atoms with Gasteiger partial charge in [0.1, 0.15) is 0 Å². The maximum absolute atomic E-state index is 11.7. The molecule has 1 fully saturated rings. The van der Waals surface area contributed by atoms with Gasteiger partial charge < -0.3 is 10.2 Å². The highest BCUT2D eigenvalue weighted by Gasteiger charge is 2.21. The van der Waals surface area contributed by atoms with Crippen molar-refractivity contribution in [1.29, 1.82) is 0 Å². The largest absolute Gasteiger partial charge is 0.317 e. The zero-order valence-corrected chi connectivity index (χ0v) is 11.7. The Kier molecular flexibility index (Phi) is 6.40. The van der Waals surface area contributed by atoms with Gasteiger partial charge in [-0.15, -0.1) is 0 Å². The quantitative estimate of drug-likeness (QED) is 0.598. The molecule has 1 rings (SSSR count). The summed E-state index contributed by atoms with van der Waals surface area (Å²) >= 11 is 0. The SMILES string of the molecule is CCNCCCS(=O)(=O)NCC1CCN(C)C1. The van der Waals surface area contributed by atoms with Crippen LogP contribution in [0.1, 0.15) is 19.8 Å². The molecule has 0 saturated carbocycles. The maximum Gasteiger partial charge on any atom is 0.211 e. The Morgan fingerprint density at radius 1 is 1.41 bits per heavy atom. The first-order valence-corrected chi connectivity index (χ1v) is 8.05. The van der Waals surface area contributed by atoms with Gasteiger partial charge in [-0.1, -0.05) is 6.92 Å². The summed E-state index contributed by atoms with van der Waals surface area (Å²) in [6.07, 6.45) is 1.77. The van der Waals surface area contributed by atoms with Crippen LogP contribution in [-0.2, 0) is 10.0 Å². The summed E-state index contributed by atoms with van der Waals surface area (Å²) < 4.78 is 26.1. The van der Waals surface area contributed by atoms with Crippen LogP contribution >= 0.6 is 0 Å². The molecule has 2 N–H and O–H groups in total. The van der Waals surface area contributed by atoms with Gasteiger partial charge in [-0.2, -0.15) is 0 Å². The second kappa shape index (κ2) is 7.31. The molecular weight excluding hydrogens is 238 g/mol. The Labute approximate surface area is 105 Å². The van der Waals surface area contributed by atoms with E-state index in [4.69, 9.17) is 0 Å². The first kappa shape index (κ1) is 14.9. The Morgan fingerprint density at radius 3 is 2.76 bits per heavy atom. The molecule has 1 unspecified atom stereocenters. The average molecular weight is 263 g/mol. The summed E-state index contributed by atoms with van der Waals surface area (Å²) in [5.74, 6) is 0.700. The van der Waals surface area contributed by atoms with Crippen molar-refractivity contribution < 1.29 is 8.42 Å². The molecule has 1 saturated heterocycles. The molecule has 1 aliphatic heterocycles. The number of nitrogens with zero attached hydrogens (tertiary/aromatic N) is 1. The van der Waals surface area contributed by atoms with E-state index in [0.29, 0.717) is 18.9 Å². The first-order valence-electron chi connectivity index (χ1n) is 6.40. The lowest BCUT2D eigenvalue weighted by Crippen LogP contribution is -2.33. The fourth-order valence-electron chi connectivity index (χ4n) is 2.07. The van der Waals surface area contributed by atoms with Crippen LogP contribution in [0.5, 0.6) is 0 Å². The first-order chi connectivity index (χ1) is 8.03. The van der Waals surface area contributed by atoms with Gasteiger partial charge in [0.05, 0.1) is 5.75 Å². The summed E-state index contributed by atoms with van der Waals surface area (Å²) in [5, 5.41) is 3.12. The smallest absolute Gasteiger partial charge is 0.211 e. The lowest BCUT2D eigenvalue weighted by Gasteiger charge is -2.12. The molecule has 5 nitrogen and oxygen atoms in total. The van der Waals surface area contributed by atoms with Crippen molar-refractivity contribution in [2.24, 2.45) is 5.92 Å². The van der Waals surface area contributed by atoms with Gasteiger partial charge in [0, 0.05) is 13.1 Å². The minimum Gasteiger partial charge on any atom is -0.317 e. The van der Waals surface area contributed by atoms with Crippen LogP contribution in [0, 0.1) is 5.92 Å². The fraction of sp³-hybridized carbons (Fsp3) is 1.00. The average Bonchev–Trinajstić information content (AvgIpc) is 2.68. The number of hydrogen-bond acceptors (Lipinski definition) is 4. The minimum absolute atomic E-state index is 0.225. The van der Waals surface area contributed by atoms with Crippen LogP contribution in [0.3, 0.4) is 0 Å². The number of likely N-dealkylation sites (tertiary alicyclic amines) is 1. The molecular formula is C11H25N3O2S. The molecule has 0 aromatic carbocycles. The second-order valence-electron chi connectivity index (χ2n) is 4.79. The minimum atomic E-state index is -3.08. The Bertz CT molecular complexity index is 306. The van der Waals surface area contributed by atoms with E-state index >= 15 is 0 Å². The molecule has 0 radical (unpaired) electrons. The predicted molar refractivity (Wildman–Crippen MR) is 70.6 cm³/mol. The molecule has 1 heterocycles. The summed E-state index contributed by atoms with van der Waals surface area (Å²) in [5.41, 5.74) is 0. The highest BCUT2D eigenvalue weighted by atomic mass is 32.2. The fourth-order valence-corrected chi connectivity index (χ4v) is 3.23. The predicted octanol–water partition coefficient (Wildman–Crippen LogP) is -0.143. The summed E-state index contributed by atoms with van der Waals surface area (Å²) in [4.78, 5) is 2.24. The molecule has 0 bridgehead atoms. The highest BCUT2D eigenvalue weighted by molar-refractivity contribution is 7.89. The third-order valence-corrected chi connectivity index (χ3v) is 4.53. The van der Waals surface area contributed by atoms with Crippen LogP contribution < -0.4 is 10.0 Å². The third kappa shape index (κ3) is 6.35. The zero-order valence-electron chi connectivity index (χ0n) is 10.9. The van der Waals surface area contributed by atoms with Crippen LogP contribution in [-0.4, -0.2) is 58.8 Å². The van der Waals surface area contributed by atoms with Gasteiger partial charge in [-0.25, -0.2) is 13.1 Å². The molecule has 0 aliphatic carbocycles. The standard InChI is InChI=1S/C11H25N3O2S/c1-3-12-6-4-8-17(15,16)13-9-11-5-7-14(2)10-11/h11-13H,3-10H2,1-2H3. The molecule has 0 aromatic heterocycles. The van der Waals surface area contributed by atoms with E-state index in [9.17, 15) is 8.42 Å². The molecule has 0 aromatic rings. The van der Waals surface area contributed by atoms with Crippen molar-refractivity contribution in [2.45, 2.75) is 19.8 Å². The summed E-state index contributed by atoms with van der Waals surface area (Å²) in [6.45, 7) is 6.34. The van der Waals surface area contributed by atoms with Crippen molar-refractivity contribution in [3.05, 3.63) is 0 Å². The van der Waals surface area contributed by atoms with Crippen molar-refractivity contribution in [2.75, 3.05) is 45.5 Å². The van der Waals surface area contributed by atoms with E-state index < -0.39 is 10.0 Å². The van der Waals surface area contributed by atoms with E-state index in [1.54, 1.807) is 0 Å². The Balaban J connectivity index is 2.16. The number of rotatable bonds is 8. The van der Waals surface area contributed by atoms with Crippen molar-refractivity contribution in [3.8, 4) is 0 Å². The van der Waals surface area contributed by atoms with Crippen molar-refractivity contribution >= 4 is 10.0 Å². The number of nitrogens with one attached hydrogen (secondary N) is 2. The van der Waals surface area contributed by atoms with E-state index in [-0.39, 0.29) is 5.75 Å². The number of sulfonamides is 1. The van der Waals surface area contributed by atoms with Crippen LogP contribution in [0.25, 0.3) is 0 Å². The van der Waals surface area contributed by atoms with E-state index in [0.717, 1.165) is 32.6 Å². The summed E-state index contributed by atoms with van der Waals surface area (Å²) in [6, 6.07) is 0. The molecule has 1 aliphatic rings. The molecule has 1 atom stereocenters. The van der Waals surface area contributed by atoms with Gasteiger partial charge in [0.15, 0.2) is 0 Å². The van der Waals surface area contributed by atoms with Crippen molar-refractivity contribution in [3.63, 3.8) is 0 Å². The molecule has 17 heavy (non-hydrogen) atoms. The van der Waals surface area contributed by atoms with E-state index in [1.807, 2.05) is 6.92 Å². The van der Waals surface area contributed by atoms with Gasteiger partial charge in [0.25, 0.3) is 0 Å².